The topological polar surface area (TPSA) is 96.6 Å². The monoisotopic (exact) mass is 788 g/mol. The summed E-state index contributed by atoms with van der Waals surface area (Å²) in [5.74, 6) is -1.77. The zero-order valence-electron chi connectivity index (χ0n) is 33.1. The van der Waals surface area contributed by atoms with Crippen LogP contribution in [0.5, 0.6) is 0 Å². The Balaban J connectivity index is 1.23. The molecule has 8 nitrogen and oxygen atoms in total. The molecule has 0 spiro atoms. The molecule has 0 fully saturated rings. The highest BCUT2D eigenvalue weighted by Crippen LogP contribution is 2.35. The van der Waals surface area contributed by atoms with Gasteiger partial charge < -0.3 is 18.6 Å². The van der Waals surface area contributed by atoms with E-state index in [1.807, 2.05) is 130 Å². The fraction of sp³-hybridized carbons (Fsp3) is 0.0769. The molecule has 60 heavy (non-hydrogen) atoms. The predicted octanol–water partition coefficient (Wildman–Crippen LogP) is 11.1. The molecule has 0 unspecified atom stereocenters. The summed E-state index contributed by atoms with van der Waals surface area (Å²) >= 11 is 0. The lowest BCUT2D eigenvalue weighted by Crippen LogP contribution is -2.15. The van der Waals surface area contributed by atoms with Crippen LogP contribution in [0.1, 0.15) is 66.7 Å². The highest BCUT2D eigenvalue weighted by Gasteiger charge is 2.30. The van der Waals surface area contributed by atoms with Crippen molar-refractivity contribution in [2.24, 2.45) is 0 Å². The van der Waals surface area contributed by atoms with E-state index in [1.165, 1.54) is 0 Å². The van der Waals surface area contributed by atoms with E-state index in [2.05, 4.69) is 0 Å². The maximum absolute atomic E-state index is 14.3. The highest BCUT2D eigenvalue weighted by atomic mass is 16.5. The average Bonchev–Trinajstić information content (AvgIpc) is 3.91. The SMILES string of the molecule is CCOC(=O)c1cc(-c2ccccc2)n(-c2ccc(-c3ccc(-n4c(-c5ccccc5)cc(C(=O)OCC)c4C(=O)c4ccccc4)cc3)cc2)c1C(=O)c1ccccc1. The number of esters is 2. The Morgan fingerprint density at radius 3 is 1.03 bits per heavy atom. The van der Waals surface area contributed by atoms with E-state index in [4.69, 9.17) is 9.47 Å². The van der Waals surface area contributed by atoms with Crippen molar-refractivity contribution in [3.63, 3.8) is 0 Å². The minimum atomic E-state index is -0.578. The van der Waals surface area contributed by atoms with E-state index < -0.39 is 11.9 Å². The summed E-state index contributed by atoms with van der Waals surface area (Å²) in [6.45, 7) is 3.79. The summed E-state index contributed by atoms with van der Waals surface area (Å²) in [5, 5.41) is 0. The van der Waals surface area contributed by atoms with E-state index >= 15 is 0 Å². The van der Waals surface area contributed by atoms with E-state index in [0.717, 1.165) is 22.3 Å². The van der Waals surface area contributed by atoms with Crippen LogP contribution in [0.3, 0.4) is 0 Å². The first-order chi connectivity index (χ1) is 29.4. The third-order valence-corrected chi connectivity index (χ3v) is 10.2. The number of benzene rings is 6. The molecule has 0 amide bonds. The van der Waals surface area contributed by atoms with Crippen molar-refractivity contribution in [2.75, 3.05) is 13.2 Å². The van der Waals surface area contributed by atoms with Crippen molar-refractivity contribution >= 4 is 23.5 Å². The smallest absolute Gasteiger partial charge is 0.340 e. The lowest BCUT2D eigenvalue weighted by atomic mass is 10.0. The van der Waals surface area contributed by atoms with E-state index in [1.54, 1.807) is 74.5 Å². The fourth-order valence-corrected chi connectivity index (χ4v) is 7.44. The van der Waals surface area contributed by atoms with Crippen molar-refractivity contribution in [2.45, 2.75) is 13.8 Å². The molecule has 6 aromatic carbocycles. The molecule has 2 aromatic heterocycles. The second-order valence-electron chi connectivity index (χ2n) is 13.9. The molecule has 0 saturated carbocycles. The first kappa shape index (κ1) is 39.0. The largest absolute Gasteiger partial charge is 0.462 e. The molecule has 8 aromatic rings. The Morgan fingerprint density at radius 2 is 0.717 bits per heavy atom. The summed E-state index contributed by atoms with van der Waals surface area (Å²) in [6.07, 6.45) is 0. The first-order valence-electron chi connectivity index (χ1n) is 19.7. The van der Waals surface area contributed by atoms with Crippen LogP contribution in [0.2, 0.25) is 0 Å². The van der Waals surface area contributed by atoms with Crippen LogP contribution < -0.4 is 0 Å². The van der Waals surface area contributed by atoms with Gasteiger partial charge in [0.05, 0.1) is 35.7 Å². The number of ketones is 2. The Hall–Kier alpha value is -7.84. The zero-order chi connectivity index (χ0) is 41.6. The lowest BCUT2D eigenvalue weighted by Gasteiger charge is -2.16. The Labute approximate surface area is 347 Å². The standard InChI is InChI=1S/C52H40N2O6/c1-3-59-51(57)43-33-45(37-17-9-5-10-18-37)53(47(43)49(55)39-21-13-7-14-22-39)41-29-25-35(26-30-41)36-27-31-42(32-28-36)54-46(38-19-11-6-12-20-38)34-44(52(58)60-4-2)48(54)50(56)40-23-15-8-16-24-40/h5-34H,3-4H2,1-2H3. The van der Waals surface area contributed by atoms with Crippen molar-refractivity contribution in [3.05, 3.63) is 216 Å². The third-order valence-electron chi connectivity index (χ3n) is 10.2. The summed E-state index contributed by atoms with van der Waals surface area (Å²) in [4.78, 5) is 55.5. The van der Waals surface area contributed by atoms with Gasteiger partial charge in [0, 0.05) is 22.5 Å². The lowest BCUT2D eigenvalue weighted by molar-refractivity contribution is 0.0515. The van der Waals surface area contributed by atoms with E-state index in [0.29, 0.717) is 33.9 Å². The maximum Gasteiger partial charge on any atom is 0.340 e. The molecular weight excluding hydrogens is 749 g/mol. The van der Waals surface area contributed by atoms with Crippen molar-refractivity contribution in [1.82, 2.24) is 9.13 Å². The van der Waals surface area contributed by atoms with Gasteiger partial charge in [-0.05, 0) is 72.5 Å². The summed E-state index contributed by atoms with van der Waals surface area (Å²) < 4.78 is 14.6. The number of carbonyl (C=O) groups is 4. The molecule has 0 aliphatic heterocycles. The highest BCUT2D eigenvalue weighted by molar-refractivity contribution is 6.16. The molecule has 0 aliphatic carbocycles. The van der Waals surface area contributed by atoms with E-state index in [-0.39, 0.29) is 47.3 Å². The Kier molecular flexibility index (Phi) is 11.3. The second kappa shape index (κ2) is 17.3. The summed E-state index contributed by atoms with van der Waals surface area (Å²) in [6, 6.07) is 56.1. The van der Waals surface area contributed by atoms with Gasteiger partial charge in [0.25, 0.3) is 0 Å². The molecule has 0 atom stereocenters. The Morgan fingerprint density at radius 1 is 0.400 bits per heavy atom. The molecule has 294 valence electrons. The number of nitrogens with zero attached hydrogens (tertiary/aromatic N) is 2. The maximum atomic E-state index is 14.3. The van der Waals surface area contributed by atoms with Crippen LogP contribution in [0.15, 0.2) is 182 Å². The Bertz CT molecular complexity index is 2610. The van der Waals surface area contributed by atoms with Gasteiger partial charge in [0.2, 0.25) is 11.6 Å². The first-order valence-corrected chi connectivity index (χ1v) is 19.7. The van der Waals surface area contributed by atoms with Crippen LogP contribution >= 0.6 is 0 Å². The molecule has 8 heteroatoms. The van der Waals surface area contributed by atoms with Gasteiger partial charge in [0.1, 0.15) is 11.4 Å². The second-order valence-corrected chi connectivity index (χ2v) is 13.9. The third kappa shape index (κ3) is 7.62. The number of hydrogen-bond acceptors (Lipinski definition) is 6. The van der Waals surface area contributed by atoms with Gasteiger partial charge in [-0.3, -0.25) is 9.59 Å². The molecule has 0 aliphatic rings. The van der Waals surface area contributed by atoms with Crippen LogP contribution in [0, 0.1) is 0 Å². The number of aromatic nitrogens is 2. The molecule has 8 rings (SSSR count). The van der Waals surface area contributed by atoms with Crippen molar-refractivity contribution in [3.8, 4) is 45.0 Å². The zero-order valence-corrected chi connectivity index (χ0v) is 33.1. The van der Waals surface area contributed by atoms with Gasteiger partial charge in [-0.2, -0.15) is 0 Å². The minimum Gasteiger partial charge on any atom is -0.462 e. The molecule has 2 heterocycles. The van der Waals surface area contributed by atoms with Crippen LogP contribution in [-0.4, -0.2) is 45.9 Å². The summed E-state index contributed by atoms with van der Waals surface area (Å²) in [7, 11) is 0. The van der Waals surface area contributed by atoms with Gasteiger partial charge in [0.15, 0.2) is 0 Å². The van der Waals surface area contributed by atoms with Gasteiger partial charge >= 0.3 is 11.9 Å². The quantitative estimate of drug-likeness (QED) is 0.0852. The molecule has 0 saturated heterocycles. The number of ether oxygens (including phenoxy) is 2. The van der Waals surface area contributed by atoms with Gasteiger partial charge in [-0.25, -0.2) is 9.59 Å². The number of hydrogen-bond donors (Lipinski definition) is 0. The van der Waals surface area contributed by atoms with Crippen molar-refractivity contribution < 1.29 is 28.7 Å². The van der Waals surface area contributed by atoms with E-state index in [9.17, 15) is 19.2 Å². The number of carbonyl (C=O) groups excluding carboxylic acids is 4. The molecule has 0 radical (unpaired) electrons. The molecular formula is C52H40N2O6. The fourth-order valence-electron chi connectivity index (χ4n) is 7.44. The molecule has 0 N–H and O–H groups in total. The van der Waals surface area contributed by atoms with Crippen LogP contribution in [-0.2, 0) is 9.47 Å². The van der Waals surface area contributed by atoms with Crippen LogP contribution in [0.25, 0.3) is 45.0 Å². The average molecular weight is 789 g/mol. The number of rotatable bonds is 13. The van der Waals surface area contributed by atoms with Gasteiger partial charge in [-0.1, -0.05) is 146 Å². The normalized spacial score (nSPS) is 10.9. The molecule has 0 bridgehead atoms. The van der Waals surface area contributed by atoms with Crippen LogP contribution in [0.4, 0.5) is 0 Å². The van der Waals surface area contributed by atoms with Crippen molar-refractivity contribution in [1.29, 1.82) is 0 Å². The summed E-state index contributed by atoms with van der Waals surface area (Å²) in [5.41, 5.74) is 7.79. The predicted molar refractivity (Wildman–Crippen MR) is 233 cm³/mol. The van der Waals surface area contributed by atoms with Gasteiger partial charge in [-0.15, -0.1) is 0 Å². The minimum absolute atomic E-state index is 0.159.